The number of carbonyl (C=O) groups excluding carboxylic acids is 1. The van der Waals surface area contributed by atoms with Gasteiger partial charge in [0.05, 0.1) is 7.11 Å². The van der Waals surface area contributed by atoms with Crippen molar-refractivity contribution in [1.29, 1.82) is 0 Å². The second kappa shape index (κ2) is 6.46. The van der Waals surface area contributed by atoms with Crippen molar-refractivity contribution in [2.75, 3.05) is 13.7 Å². The minimum absolute atomic E-state index is 0.248. The Morgan fingerprint density at radius 1 is 1.50 bits per heavy atom. The third kappa shape index (κ3) is 5.53. The zero-order valence-electron chi connectivity index (χ0n) is 7.66. The Morgan fingerprint density at radius 3 is 2.67 bits per heavy atom. The fourth-order valence-electron chi connectivity index (χ4n) is 0.505. The first-order chi connectivity index (χ1) is 5.70. The molecule has 0 saturated heterocycles. The number of allylic oxidation sites excluding steroid dienone is 3. The summed E-state index contributed by atoms with van der Waals surface area (Å²) in [5.74, 6) is 0. The molecule has 0 N–H and O–H groups in total. The molecule has 68 valence electrons. The molecule has 0 radical (unpaired) electrons. The molecule has 3 nitrogen and oxygen atoms in total. The van der Waals surface area contributed by atoms with Gasteiger partial charge in [0.25, 0.3) is 0 Å². The van der Waals surface area contributed by atoms with E-state index in [9.17, 15) is 4.79 Å². The summed E-state index contributed by atoms with van der Waals surface area (Å²) in [5, 5.41) is 0. The minimum Gasteiger partial charge on any atom is -0.438 e. The van der Waals surface area contributed by atoms with Crippen LogP contribution >= 0.6 is 0 Å². The van der Waals surface area contributed by atoms with E-state index in [4.69, 9.17) is 0 Å². The minimum atomic E-state index is -0.655. The zero-order chi connectivity index (χ0) is 9.40. The summed E-state index contributed by atoms with van der Waals surface area (Å²) in [7, 11) is 1.28. The van der Waals surface area contributed by atoms with Crippen LogP contribution in [0.25, 0.3) is 0 Å². The van der Waals surface area contributed by atoms with Crippen LogP contribution in [0.4, 0.5) is 4.79 Å². The Kier molecular flexibility index (Phi) is 5.79. The van der Waals surface area contributed by atoms with Gasteiger partial charge in [0, 0.05) is 0 Å². The largest absolute Gasteiger partial charge is 0.508 e. The Morgan fingerprint density at radius 2 is 2.17 bits per heavy atom. The third-order valence-electron chi connectivity index (χ3n) is 1.30. The molecule has 0 aliphatic carbocycles. The molecule has 0 aromatic heterocycles. The summed E-state index contributed by atoms with van der Waals surface area (Å²) in [6, 6.07) is 0. The van der Waals surface area contributed by atoms with Crippen molar-refractivity contribution >= 4 is 6.16 Å². The number of carbonyl (C=O) groups is 1. The van der Waals surface area contributed by atoms with Gasteiger partial charge in [-0.25, -0.2) is 4.79 Å². The predicted octanol–water partition coefficient (Wildman–Crippen LogP) is 2.29. The zero-order valence-corrected chi connectivity index (χ0v) is 7.66. The molecule has 0 spiro atoms. The topological polar surface area (TPSA) is 35.5 Å². The Balaban J connectivity index is 3.56. The van der Waals surface area contributed by atoms with Gasteiger partial charge in [0.15, 0.2) is 0 Å². The van der Waals surface area contributed by atoms with E-state index in [1.807, 2.05) is 26.0 Å². The SMILES string of the molecule is CC=C(C)C=CCOC(=O)OC. The summed E-state index contributed by atoms with van der Waals surface area (Å²) in [4.78, 5) is 10.4. The summed E-state index contributed by atoms with van der Waals surface area (Å²) in [5.41, 5.74) is 1.13. The van der Waals surface area contributed by atoms with Crippen molar-refractivity contribution in [1.82, 2.24) is 0 Å². The van der Waals surface area contributed by atoms with Crippen molar-refractivity contribution in [2.45, 2.75) is 13.8 Å². The summed E-state index contributed by atoms with van der Waals surface area (Å²) < 4.78 is 8.88. The van der Waals surface area contributed by atoms with Crippen molar-refractivity contribution in [3.63, 3.8) is 0 Å². The molecule has 0 heterocycles. The molecule has 3 heteroatoms. The maximum atomic E-state index is 10.4. The monoisotopic (exact) mass is 170 g/mol. The highest BCUT2D eigenvalue weighted by atomic mass is 16.7. The fourth-order valence-corrected chi connectivity index (χ4v) is 0.505. The average Bonchev–Trinajstić information content (AvgIpc) is 2.11. The first-order valence-electron chi connectivity index (χ1n) is 3.71. The molecule has 0 aromatic carbocycles. The van der Waals surface area contributed by atoms with Crippen LogP contribution in [-0.4, -0.2) is 19.9 Å². The number of hydrogen-bond acceptors (Lipinski definition) is 3. The first-order valence-corrected chi connectivity index (χ1v) is 3.71. The van der Waals surface area contributed by atoms with E-state index < -0.39 is 6.16 Å². The maximum Gasteiger partial charge on any atom is 0.508 e. The lowest BCUT2D eigenvalue weighted by Gasteiger charge is -1.97. The lowest BCUT2D eigenvalue weighted by Crippen LogP contribution is -2.03. The molecule has 0 aliphatic rings. The summed E-state index contributed by atoms with van der Waals surface area (Å²) in [6.07, 6.45) is 4.95. The van der Waals surface area contributed by atoms with E-state index in [0.717, 1.165) is 5.57 Å². The summed E-state index contributed by atoms with van der Waals surface area (Å²) >= 11 is 0. The number of ether oxygens (including phenoxy) is 2. The highest BCUT2D eigenvalue weighted by Gasteiger charge is 1.95. The van der Waals surface area contributed by atoms with Crippen molar-refractivity contribution in [3.8, 4) is 0 Å². The van der Waals surface area contributed by atoms with Gasteiger partial charge in [-0.2, -0.15) is 0 Å². The third-order valence-corrected chi connectivity index (χ3v) is 1.30. The Hall–Kier alpha value is -1.25. The van der Waals surface area contributed by atoms with Gasteiger partial charge in [-0.15, -0.1) is 0 Å². The van der Waals surface area contributed by atoms with Gasteiger partial charge in [-0.3, -0.25) is 0 Å². The molecular formula is C9H14O3. The lowest BCUT2D eigenvalue weighted by atomic mass is 10.3. The molecule has 0 aromatic rings. The second-order valence-corrected chi connectivity index (χ2v) is 2.20. The molecule has 0 rings (SSSR count). The number of rotatable bonds is 3. The van der Waals surface area contributed by atoms with Crippen LogP contribution in [0.5, 0.6) is 0 Å². The highest BCUT2D eigenvalue weighted by molar-refractivity contribution is 5.59. The van der Waals surface area contributed by atoms with Crippen molar-refractivity contribution in [3.05, 3.63) is 23.8 Å². The lowest BCUT2D eigenvalue weighted by molar-refractivity contribution is 0.0818. The summed E-state index contributed by atoms with van der Waals surface area (Å²) in [6.45, 7) is 4.16. The second-order valence-electron chi connectivity index (χ2n) is 2.20. The highest BCUT2D eigenvalue weighted by Crippen LogP contribution is 1.93. The molecule has 0 aliphatic heterocycles. The molecule has 0 saturated carbocycles. The van der Waals surface area contributed by atoms with Crippen LogP contribution in [0.15, 0.2) is 23.8 Å². The average molecular weight is 170 g/mol. The quantitative estimate of drug-likeness (QED) is 0.481. The normalized spacial score (nSPS) is 11.8. The van der Waals surface area contributed by atoms with E-state index in [1.165, 1.54) is 7.11 Å². The standard InChI is InChI=1S/C9H14O3/c1-4-8(2)6-5-7-12-9(10)11-3/h4-6H,7H2,1-3H3. The van der Waals surface area contributed by atoms with E-state index >= 15 is 0 Å². The van der Waals surface area contributed by atoms with E-state index in [2.05, 4.69) is 9.47 Å². The van der Waals surface area contributed by atoms with Gasteiger partial charge in [-0.1, -0.05) is 17.7 Å². The Labute approximate surface area is 72.7 Å². The van der Waals surface area contributed by atoms with Crippen molar-refractivity contribution < 1.29 is 14.3 Å². The van der Waals surface area contributed by atoms with Crippen LogP contribution in [0.2, 0.25) is 0 Å². The van der Waals surface area contributed by atoms with Gasteiger partial charge in [0.2, 0.25) is 0 Å². The van der Waals surface area contributed by atoms with Crippen LogP contribution in [0.3, 0.4) is 0 Å². The van der Waals surface area contributed by atoms with Crippen LogP contribution in [0.1, 0.15) is 13.8 Å². The van der Waals surface area contributed by atoms with E-state index in [0.29, 0.717) is 0 Å². The molecule has 12 heavy (non-hydrogen) atoms. The predicted molar refractivity (Wildman–Crippen MR) is 46.9 cm³/mol. The van der Waals surface area contributed by atoms with E-state index in [1.54, 1.807) is 6.08 Å². The molecule has 0 amide bonds. The van der Waals surface area contributed by atoms with Gasteiger partial charge in [0.1, 0.15) is 6.61 Å². The first kappa shape index (κ1) is 10.8. The van der Waals surface area contributed by atoms with Gasteiger partial charge >= 0.3 is 6.16 Å². The van der Waals surface area contributed by atoms with Gasteiger partial charge in [-0.05, 0) is 19.9 Å². The molecule has 0 bridgehead atoms. The number of hydrogen-bond donors (Lipinski definition) is 0. The van der Waals surface area contributed by atoms with Crippen molar-refractivity contribution in [2.24, 2.45) is 0 Å². The van der Waals surface area contributed by atoms with Crippen LogP contribution in [0, 0.1) is 0 Å². The van der Waals surface area contributed by atoms with Gasteiger partial charge < -0.3 is 9.47 Å². The smallest absolute Gasteiger partial charge is 0.438 e. The fraction of sp³-hybridized carbons (Fsp3) is 0.444. The molecule has 0 fully saturated rings. The molecular weight excluding hydrogens is 156 g/mol. The van der Waals surface area contributed by atoms with Crippen LogP contribution in [-0.2, 0) is 9.47 Å². The number of methoxy groups -OCH3 is 1. The van der Waals surface area contributed by atoms with E-state index in [-0.39, 0.29) is 6.61 Å². The molecule has 0 unspecified atom stereocenters. The molecule has 0 atom stereocenters. The maximum absolute atomic E-state index is 10.4. The Bertz CT molecular complexity index is 192. The van der Waals surface area contributed by atoms with Crippen LogP contribution < -0.4 is 0 Å².